The van der Waals surface area contributed by atoms with Gasteiger partial charge < -0.3 is 14.5 Å². The van der Waals surface area contributed by atoms with Gasteiger partial charge in [0.05, 0.1) is 5.56 Å². The quantitative estimate of drug-likeness (QED) is 0.466. The molecule has 1 heterocycles. The van der Waals surface area contributed by atoms with Gasteiger partial charge >= 0.3 is 5.63 Å². The fourth-order valence-electron chi connectivity index (χ4n) is 3.26. The number of aryl methyl sites for hydroxylation is 2. The van der Waals surface area contributed by atoms with Gasteiger partial charge in [0.2, 0.25) is 0 Å². The van der Waals surface area contributed by atoms with Crippen LogP contribution in [-0.4, -0.2) is 5.91 Å². The SMILES string of the molecule is Cc1cc2oc(=O)cc(COc3ccccc3C(=O)Nc3ccccc3)c2cc1C. The molecule has 4 aromatic rings. The topological polar surface area (TPSA) is 68.5 Å². The molecule has 0 saturated carbocycles. The van der Waals surface area contributed by atoms with E-state index in [1.807, 2.05) is 56.3 Å². The van der Waals surface area contributed by atoms with Gasteiger partial charge in [0, 0.05) is 22.7 Å². The lowest BCUT2D eigenvalue weighted by atomic mass is 10.0. The number of para-hydroxylation sites is 2. The zero-order valence-corrected chi connectivity index (χ0v) is 16.8. The Morgan fingerprint density at radius 2 is 1.63 bits per heavy atom. The lowest BCUT2D eigenvalue weighted by Gasteiger charge is -2.13. The van der Waals surface area contributed by atoms with Crippen molar-refractivity contribution in [3.05, 3.63) is 105 Å². The third-order valence-corrected chi connectivity index (χ3v) is 4.99. The first-order chi connectivity index (χ1) is 14.5. The van der Waals surface area contributed by atoms with Gasteiger partial charge in [-0.15, -0.1) is 0 Å². The van der Waals surface area contributed by atoms with E-state index in [9.17, 15) is 9.59 Å². The summed E-state index contributed by atoms with van der Waals surface area (Å²) in [4.78, 5) is 24.7. The minimum Gasteiger partial charge on any atom is -0.488 e. The number of nitrogens with one attached hydrogen (secondary N) is 1. The van der Waals surface area contributed by atoms with Crippen molar-refractivity contribution < 1.29 is 13.9 Å². The lowest BCUT2D eigenvalue weighted by Crippen LogP contribution is -2.14. The van der Waals surface area contributed by atoms with Gasteiger partial charge in [0.15, 0.2) is 0 Å². The van der Waals surface area contributed by atoms with Crippen LogP contribution in [0.3, 0.4) is 0 Å². The molecule has 150 valence electrons. The van der Waals surface area contributed by atoms with Crippen LogP contribution in [0.2, 0.25) is 0 Å². The molecule has 0 fully saturated rings. The highest BCUT2D eigenvalue weighted by atomic mass is 16.5. The Morgan fingerprint density at radius 3 is 2.43 bits per heavy atom. The van der Waals surface area contributed by atoms with Crippen molar-refractivity contribution in [1.29, 1.82) is 0 Å². The van der Waals surface area contributed by atoms with Gasteiger partial charge in [0.1, 0.15) is 17.9 Å². The molecular formula is C25H21NO4. The van der Waals surface area contributed by atoms with Crippen molar-refractivity contribution in [1.82, 2.24) is 0 Å². The first-order valence-corrected chi connectivity index (χ1v) is 9.63. The first kappa shape index (κ1) is 19.5. The first-order valence-electron chi connectivity index (χ1n) is 9.63. The molecule has 0 bridgehead atoms. The summed E-state index contributed by atoms with van der Waals surface area (Å²) in [6.07, 6.45) is 0. The third-order valence-electron chi connectivity index (χ3n) is 4.99. The molecule has 0 unspecified atom stereocenters. The Labute approximate surface area is 173 Å². The van der Waals surface area contributed by atoms with Crippen LogP contribution in [-0.2, 0) is 6.61 Å². The second-order valence-electron chi connectivity index (χ2n) is 7.13. The average Bonchev–Trinajstić information content (AvgIpc) is 2.74. The number of hydrogen-bond donors (Lipinski definition) is 1. The van der Waals surface area contributed by atoms with E-state index in [0.717, 1.165) is 16.5 Å². The summed E-state index contributed by atoms with van der Waals surface area (Å²) in [5, 5.41) is 3.69. The molecule has 5 nitrogen and oxygen atoms in total. The number of rotatable bonds is 5. The molecule has 1 amide bonds. The van der Waals surface area contributed by atoms with Crippen LogP contribution in [0.4, 0.5) is 5.69 Å². The summed E-state index contributed by atoms with van der Waals surface area (Å²) in [5.74, 6) is 0.178. The Bertz CT molecular complexity index is 1280. The minimum atomic E-state index is -0.431. The summed E-state index contributed by atoms with van der Waals surface area (Å²) >= 11 is 0. The second kappa shape index (κ2) is 8.25. The Morgan fingerprint density at radius 1 is 0.933 bits per heavy atom. The van der Waals surface area contributed by atoms with E-state index in [-0.39, 0.29) is 12.5 Å². The van der Waals surface area contributed by atoms with Gasteiger partial charge in [-0.2, -0.15) is 0 Å². The largest absolute Gasteiger partial charge is 0.488 e. The zero-order chi connectivity index (χ0) is 21.1. The van der Waals surface area contributed by atoms with Crippen LogP contribution in [0.15, 0.2) is 82.0 Å². The standard InChI is InChI=1S/C25H21NO4/c1-16-12-21-18(14-24(27)30-23(21)13-17(16)2)15-29-22-11-7-6-10-20(22)25(28)26-19-8-4-3-5-9-19/h3-14H,15H2,1-2H3,(H,26,28). The molecule has 0 radical (unpaired) electrons. The number of ether oxygens (including phenoxy) is 1. The van der Waals surface area contributed by atoms with Crippen LogP contribution in [0.1, 0.15) is 27.0 Å². The molecule has 30 heavy (non-hydrogen) atoms. The monoisotopic (exact) mass is 399 g/mol. The maximum Gasteiger partial charge on any atom is 0.336 e. The Balaban J connectivity index is 1.61. The maximum absolute atomic E-state index is 12.7. The predicted molar refractivity (Wildman–Crippen MR) is 117 cm³/mol. The number of hydrogen-bond acceptors (Lipinski definition) is 4. The second-order valence-corrected chi connectivity index (χ2v) is 7.13. The van der Waals surface area contributed by atoms with Gasteiger partial charge in [-0.1, -0.05) is 30.3 Å². The molecule has 5 heteroatoms. The lowest BCUT2D eigenvalue weighted by molar-refractivity contribution is 0.102. The number of carbonyl (C=O) groups excluding carboxylic acids is 1. The van der Waals surface area contributed by atoms with Gasteiger partial charge in [-0.3, -0.25) is 4.79 Å². The van der Waals surface area contributed by atoms with Crippen LogP contribution in [0, 0.1) is 13.8 Å². The van der Waals surface area contributed by atoms with Crippen molar-refractivity contribution in [3.63, 3.8) is 0 Å². The predicted octanol–water partition coefficient (Wildman–Crippen LogP) is 5.24. The number of carbonyl (C=O) groups is 1. The minimum absolute atomic E-state index is 0.139. The fraction of sp³-hybridized carbons (Fsp3) is 0.120. The third kappa shape index (κ3) is 4.10. The van der Waals surface area contributed by atoms with Crippen LogP contribution in [0.5, 0.6) is 5.75 Å². The maximum atomic E-state index is 12.7. The highest BCUT2D eigenvalue weighted by molar-refractivity contribution is 6.06. The molecule has 0 atom stereocenters. The van der Waals surface area contributed by atoms with E-state index in [0.29, 0.717) is 28.1 Å². The molecule has 1 aromatic heterocycles. The number of fused-ring (bicyclic) bond motifs is 1. The molecule has 4 rings (SSSR count). The highest BCUT2D eigenvalue weighted by Gasteiger charge is 2.14. The van der Waals surface area contributed by atoms with Crippen molar-refractivity contribution in [2.24, 2.45) is 0 Å². The van der Waals surface area contributed by atoms with Crippen molar-refractivity contribution in [3.8, 4) is 5.75 Å². The summed E-state index contributed by atoms with van der Waals surface area (Å²) < 4.78 is 11.3. The molecule has 0 spiro atoms. The van der Waals surface area contributed by atoms with E-state index >= 15 is 0 Å². The highest BCUT2D eigenvalue weighted by Crippen LogP contribution is 2.25. The smallest absolute Gasteiger partial charge is 0.336 e. The van der Waals surface area contributed by atoms with Gasteiger partial charge in [0.25, 0.3) is 5.91 Å². The normalized spacial score (nSPS) is 10.7. The summed E-state index contributed by atoms with van der Waals surface area (Å²) in [7, 11) is 0. The average molecular weight is 399 g/mol. The molecular weight excluding hydrogens is 378 g/mol. The molecule has 0 saturated heterocycles. The summed E-state index contributed by atoms with van der Waals surface area (Å²) in [6.45, 7) is 4.12. The molecule has 0 aliphatic carbocycles. The summed E-state index contributed by atoms with van der Waals surface area (Å²) in [5.41, 5.74) is 4.07. The van der Waals surface area contributed by atoms with Crippen molar-refractivity contribution in [2.75, 3.05) is 5.32 Å². The van der Waals surface area contributed by atoms with Gasteiger partial charge in [-0.25, -0.2) is 4.79 Å². The number of benzene rings is 3. The number of amides is 1. The van der Waals surface area contributed by atoms with Crippen LogP contribution < -0.4 is 15.7 Å². The van der Waals surface area contributed by atoms with E-state index < -0.39 is 5.63 Å². The zero-order valence-electron chi connectivity index (χ0n) is 16.8. The molecule has 3 aromatic carbocycles. The molecule has 0 aliphatic rings. The van der Waals surface area contributed by atoms with E-state index in [1.165, 1.54) is 6.07 Å². The Hall–Kier alpha value is -3.86. The van der Waals surface area contributed by atoms with Crippen LogP contribution in [0.25, 0.3) is 11.0 Å². The molecule has 0 aliphatic heterocycles. The van der Waals surface area contributed by atoms with E-state index in [1.54, 1.807) is 24.3 Å². The molecule has 1 N–H and O–H groups in total. The Kier molecular flexibility index (Phi) is 5.35. The van der Waals surface area contributed by atoms with E-state index in [2.05, 4.69) is 5.32 Å². The number of anilines is 1. The van der Waals surface area contributed by atoms with Crippen molar-refractivity contribution >= 4 is 22.6 Å². The van der Waals surface area contributed by atoms with Gasteiger partial charge in [-0.05, 0) is 61.4 Å². The van der Waals surface area contributed by atoms with Crippen molar-refractivity contribution in [2.45, 2.75) is 20.5 Å². The fourth-order valence-corrected chi connectivity index (χ4v) is 3.26. The van der Waals surface area contributed by atoms with Crippen LogP contribution >= 0.6 is 0 Å². The summed E-state index contributed by atoms with van der Waals surface area (Å²) in [6, 6.07) is 21.5. The van der Waals surface area contributed by atoms with E-state index in [4.69, 9.17) is 9.15 Å².